The molecule has 3 N–H and O–H groups in total. The van der Waals surface area contributed by atoms with Gasteiger partial charge >= 0.3 is 0 Å². The first kappa shape index (κ1) is 10.5. The molecule has 0 atom stereocenters. The number of benzene rings is 1. The van der Waals surface area contributed by atoms with Crippen LogP contribution in [-0.2, 0) is 0 Å². The average Bonchev–Trinajstić information content (AvgIpc) is 2.24. The van der Waals surface area contributed by atoms with Crippen molar-refractivity contribution in [1.29, 1.82) is 0 Å². The van der Waals surface area contributed by atoms with Crippen molar-refractivity contribution in [2.75, 3.05) is 11.1 Å². The van der Waals surface area contributed by atoms with E-state index in [1.54, 1.807) is 0 Å². The van der Waals surface area contributed by atoms with E-state index in [0.29, 0.717) is 11.5 Å². The van der Waals surface area contributed by atoms with Crippen molar-refractivity contribution < 1.29 is 0 Å². The molecule has 1 heterocycles. The van der Waals surface area contributed by atoms with Gasteiger partial charge in [-0.3, -0.25) is 0 Å². The molecule has 0 amide bonds. The van der Waals surface area contributed by atoms with Crippen LogP contribution in [0.3, 0.4) is 0 Å². The molecule has 0 spiro atoms. The van der Waals surface area contributed by atoms with Crippen molar-refractivity contribution in [3.8, 4) is 0 Å². The van der Waals surface area contributed by atoms with E-state index < -0.39 is 0 Å². The van der Waals surface area contributed by atoms with E-state index in [1.165, 1.54) is 5.56 Å². The van der Waals surface area contributed by atoms with Gasteiger partial charge in [-0.15, -0.1) is 0 Å². The Kier molecular flexibility index (Phi) is 2.77. The minimum Gasteiger partial charge on any atom is -0.396 e. The molecule has 1 aromatic heterocycles. The van der Waals surface area contributed by atoms with Crippen LogP contribution in [0.4, 0.5) is 17.2 Å². The zero-order chi connectivity index (χ0) is 11.5. The van der Waals surface area contributed by atoms with Crippen molar-refractivity contribution in [3.05, 3.63) is 47.7 Å². The molecule has 2 aromatic rings. The summed E-state index contributed by atoms with van der Waals surface area (Å²) in [7, 11) is 0. The van der Waals surface area contributed by atoms with Crippen LogP contribution < -0.4 is 11.1 Å². The Morgan fingerprint density at radius 1 is 1.12 bits per heavy atom. The maximum Gasteiger partial charge on any atom is 0.153 e. The Balaban J connectivity index is 2.30. The van der Waals surface area contributed by atoms with Gasteiger partial charge in [-0.25, -0.2) is 4.98 Å². The van der Waals surface area contributed by atoms with Crippen LogP contribution in [0.15, 0.2) is 36.4 Å². The van der Waals surface area contributed by atoms with Crippen LogP contribution in [-0.4, -0.2) is 4.98 Å². The molecule has 3 nitrogen and oxygen atoms in total. The maximum absolute atomic E-state index is 5.85. The van der Waals surface area contributed by atoms with Gasteiger partial charge in [0.15, 0.2) is 5.82 Å². The fraction of sp³-hybridized carbons (Fsp3) is 0.154. The summed E-state index contributed by atoms with van der Waals surface area (Å²) in [5, 5.41) is 3.22. The Morgan fingerprint density at radius 2 is 1.94 bits per heavy atom. The first-order valence-corrected chi connectivity index (χ1v) is 5.22. The topological polar surface area (TPSA) is 50.9 Å². The predicted molar refractivity (Wildman–Crippen MR) is 67.8 cm³/mol. The fourth-order valence-corrected chi connectivity index (χ4v) is 1.53. The molecule has 0 aliphatic heterocycles. The van der Waals surface area contributed by atoms with E-state index in [0.717, 1.165) is 11.4 Å². The molecule has 3 heteroatoms. The number of rotatable bonds is 2. The smallest absolute Gasteiger partial charge is 0.153 e. The zero-order valence-corrected chi connectivity index (χ0v) is 9.49. The van der Waals surface area contributed by atoms with Gasteiger partial charge in [-0.2, -0.15) is 0 Å². The Labute approximate surface area is 95.3 Å². The second-order valence-corrected chi connectivity index (χ2v) is 3.88. The quantitative estimate of drug-likeness (QED) is 0.806. The van der Waals surface area contributed by atoms with Crippen molar-refractivity contribution in [2.24, 2.45) is 0 Å². The molecule has 0 aliphatic rings. The largest absolute Gasteiger partial charge is 0.396 e. The second-order valence-electron chi connectivity index (χ2n) is 3.88. The lowest BCUT2D eigenvalue weighted by molar-refractivity contribution is 1.20. The lowest BCUT2D eigenvalue weighted by atomic mass is 10.2. The molecule has 16 heavy (non-hydrogen) atoms. The van der Waals surface area contributed by atoms with E-state index in [4.69, 9.17) is 5.73 Å². The van der Waals surface area contributed by atoms with E-state index in [1.807, 2.05) is 31.2 Å². The van der Waals surface area contributed by atoms with Crippen molar-refractivity contribution in [1.82, 2.24) is 4.98 Å². The zero-order valence-electron chi connectivity index (χ0n) is 9.49. The first-order valence-electron chi connectivity index (χ1n) is 5.22. The van der Waals surface area contributed by atoms with Gasteiger partial charge in [0.25, 0.3) is 0 Å². The molecule has 0 saturated carbocycles. The molecule has 0 fully saturated rings. The summed E-state index contributed by atoms with van der Waals surface area (Å²) in [5.41, 5.74) is 9.67. The molecular weight excluding hydrogens is 198 g/mol. The SMILES string of the molecule is Cc1cccc(Nc2nc(C)ccc2N)c1. The number of nitrogens with two attached hydrogens (primary N) is 1. The Morgan fingerprint density at radius 3 is 2.69 bits per heavy atom. The Hall–Kier alpha value is -2.03. The van der Waals surface area contributed by atoms with Crippen LogP contribution in [0.2, 0.25) is 0 Å². The van der Waals surface area contributed by atoms with Crippen LogP contribution in [0.25, 0.3) is 0 Å². The molecule has 0 aliphatic carbocycles. The standard InChI is InChI=1S/C13H15N3/c1-9-4-3-5-11(8-9)16-13-12(14)7-6-10(2)15-13/h3-8H,14H2,1-2H3,(H,15,16). The van der Waals surface area contributed by atoms with Gasteiger partial charge in [-0.05, 0) is 43.7 Å². The van der Waals surface area contributed by atoms with E-state index in [2.05, 4.69) is 29.4 Å². The maximum atomic E-state index is 5.85. The monoisotopic (exact) mass is 213 g/mol. The van der Waals surface area contributed by atoms with Crippen LogP contribution >= 0.6 is 0 Å². The number of anilines is 3. The number of aryl methyl sites for hydroxylation is 2. The van der Waals surface area contributed by atoms with Gasteiger partial charge in [0.05, 0.1) is 5.69 Å². The van der Waals surface area contributed by atoms with Gasteiger partial charge < -0.3 is 11.1 Å². The minimum atomic E-state index is 0.659. The Bertz CT molecular complexity index is 506. The third-order valence-corrected chi connectivity index (χ3v) is 2.35. The normalized spacial score (nSPS) is 10.1. The van der Waals surface area contributed by atoms with Crippen LogP contribution in [0.1, 0.15) is 11.3 Å². The van der Waals surface area contributed by atoms with Crippen molar-refractivity contribution in [2.45, 2.75) is 13.8 Å². The highest BCUT2D eigenvalue weighted by molar-refractivity contribution is 5.68. The van der Waals surface area contributed by atoms with E-state index in [9.17, 15) is 0 Å². The summed E-state index contributed by atoms with van der Waals surface area (Å²) in [6.45, 7) is 4.00. The molecule has 0 saturated heterocycles. The van der Waals surface area contributed by atoms with Crippen molar-refractivity contribution in [3.63, 3.8) is 0 Å². The number of nitrogens with zero attached hydrogens (tertiary/aromatic N) is 1. The molecular formula is C13H15N3. The summed E-state index contributed by atoms with van der Waals surface area (Å²) in [6.07, 6.45) is 0. The van der Waals surface area contributed by atoms with Gasteiger partial charge in [0, 0.05) is 11.4 Å². The molecule has 1 aromatic carbocycles. The summed E-state index contributed by atoms with van der Waals surface area (Å²) in [6, 6.07) is 11.9. The molecule has 82 valence electrons. The van der Waals surface area contributed by atoms with Crippen LogP contribution in [0, 0.1) is 13.8 Å². The number of aromatic nitrogens is 1. The van der Waals surface area contributed by atoms with E-state index in [-0.39, 0.29) is 0 Å². The summed E-state index contributed by atoms with van der Waals surface area (Å²) in [5.74, 6) is 0.714. The summed E-state index contributed by atoms with van der Waals surface area (Å²) in [4.78, 5) is 4.36. The third-order valence-electron chi connectivity index (χ3n) is 2.35. The lowest BCUT2D eigenvalue weighted by Crippen LogP contribution is -2.00. The number of nitrogens with one attached hydrogen (secondary N) is 1. The second kappa shape index (κ2) is 4.23. The minimum absolute atomic E-state index is 0.659. The fourth-order valence-electron chi connectivity index (χ4n) is 1.53. The number of nitrogen functional groups attached to an aromatic ring is 1. The molecule has 0 radical (unpaired) electrons. The predicted octanol–water partition coefficient (Wildman–Crippen LogP) is 3.02. The summed E-state index contributed by atoms with van der Waals surface area (Å²) < 4.78 is 0. The molecule has 0 unspecified atom stereocenters. The molecule has 2 rings (SSSR count). The first-order chi connectivity index (χ1) is 7.65. The molecule has 0 bridgehead atoms. The highest BCUT2D eigenvalue weighted by atomic mass is 15.0. The number of hydrogen-bond donors (Lipinski definition) is 2. The number of hydrogen-bond acceptors (Lipinski definition) is 3. The van der Waals surface area contributed by atoms with Crippen LogP contribution in [0.5, 0.6) is 0 Å². The highest BCUT2D eigenvalue weighted by Gasteiger charge is 2.01. The van der Waals surface area contributed by atoms with Gasteiger partial charge in [0.2, 0.25) is 0 Å². The number of pyridine rings is 1. The van der Waals surface area contributed by atoms with E-state index >= 15 is 0 Å². The van der Waals surface area contributed by atoms with Gasteiger partial charge in [-0.1, -0.05) is 12.1 Å². The third kappa shape index (κ3) is 2.31. The average molecular weight is 213 g/mol. The van der Waals surface area contributed by atoms with Gasteiger partial charge in [0.1, 0.15) is 0 Å². The van der Waals surface area contributed by atoms with Crippen molar-refractivity contribution >= 4 is 17.2 Å². The summed E-state index contributed by atoms with van der Waals surface area (Å²) >= 11 is 0. The highest BCUT2D eigenvalue weighted by Crippen LogP contribution is 2.21. The lowest BCUT2D eigenvalue weighted by Gasteiger charge is -2.09.